The Hall–Kier alpha value is -6.85. The van der Waals surface area contributed by atoms with Crippen LogP contribution in [0, 0.1) is 0 Å². The smallest absolute Gasteiger partial charge is 0.238 e. The predicted molar refractivity (Wildman–Crippen MR) is 205 cm³/mol. The zero-order valence-corrected chi connectivity index (χ0v) is 26.2. The molecule has 0 saturated heterocycles. The third kappa shape index (κ3) is 4.45. The monoisotopic (exact) mass is 649 g/mol. The first-order chi connectivity index (χ1) is 29.0. The van der Waals surface area contributed by atoms with E-state index in [1.807, 2.05) is 71.3 Å². The maximum absolute atomic E-state index is 8.90. The lowest BCUT2D eigenvalue weighted by Crippen LogP contribution is -2.07. The summed E-state index contributed by atoms with van der Waals surface area (Å²) < 4.78 is 88.6. The molecule has 0 bridgehead atoms. The number of aromatic nitrogens is 5. The zero-order valence-electron chi connectivity index (χ0n) is 36.2. The molecule has 3 aromatic heterocycles. The highest BCUT2D eigenvalue weighted by Crippen LogP contribution is 2.41. The number of hydrogen-bond donors (Lipinski definition) is 0. The van der Waals surface area contributed by atoms with E-state index >= 15 is 0 Å². The number of para-hydroxylation sites is 3. The molecule has 5 nitrogen and oxygen atoms in total. The normalized spacial score (nSPS) is 14.4. The van der Waals surface area contributed by atoms with Gasteiger partial charge >= 0.3 is 0 Å². The standard InChI is InChI=1S/C45H29N5/c1-4-14-30(15-5-1)31-24-26-33(27-25-31)44-46-43(32-16-6-2-7-17-32)47-45(48-44)50-40-23-13-11-21-36(40)38-29-28-37-35-20-10-12-22-39(35)49(41(37)42(38)50)34-18-8-3-9-19-34/h1-29H/i1D,2D,4D,5D,6D,7D,14D,15D,16D,17D. The van der Waals surface area contributed by atoms with E-state index in [1.165, 1.54) is 0 Å². The third-order valence-electron chi connectivity index (χ3n) is 8.96. The molecular formula is C45H29N5. The van der Waals surface area contributed by atoms with Crippen molar-refractivity contribution in [3.63, 3.8) is 0 Å². The summed E-state index contributed by atoms with van der Waals surface area (Å²) in [5.41, 5.74) is 4.96. The van der Waals surface area contributed by atoms with Gasteiger partial charge in [-0.15, -0.1) is 0 Å². The van der Waals surface area contributed by atoms with Gasteiger partial charge in [0.1, 0.15) is 0 Å². The Bertz CT molecular complexity index is 3380. The summed E-state index contributed by atoms with van der Waals surface area (Å²) in [6.45, 7) is 0. The number of benzene rings is 7. The average molecular weight is 650 g/mol. The zero-order chi connectivity index (χ0) is 41.7. The third-order valence-corrected chi connectivity index (χ3v) is 8.96. The molecule has 0 atom stereocenters. The Balaban J connectivity index is 1.31. The number of nitrogens with zero attached hydrogens (tertiary/aromatic N) is 5. The number of rotatable bonds is 5. The molecule has 50 heavy (non-hydrogen) atoms. The first-order valence-corrected chi connectivity index (χ1v) is 16.0. The molecule has 0 aliphatic heterocycles. The Kier molecular flexibility index (Phi) is 4.52. The average Bonchev–Trinajstić information content (AvgIpc) is 3.80. The lowest BCUT2D eigenvalue weighted by molar-refractivity contribution is 0.953. The fourth-order valence-corrected chi connectivity index (χ4v) is 6.80. The van der Waals surface area contributed by atoms with Crippen molar-refractivity contribution >= 4 is 43.6 Å². The first-order valence-electron chi connectivity index (χ1n) is 21.0. The highest BCUT2D eigenvalue weighted by Gasteiger charge is 2.23. The SMILES string of the molecule is [2H]c1c([2H])c([2H])c(-c2ccc(-c3nc(-c4c([2H])c([2H])c([2H])c([2H])c4[2H])nc(-n4c5ccccc5c5ccc6c7ccccc7n(-c7ccccc7)c6c54)n3)cc2)c([2H])c1[2H]. The minimum absolute atomic E-state index is 0.0341. The highest BCUT2D eigenvalue weighted by molar-refractivity contribution is 6.23. The van der Waals surface area contributed by atoms with Crippen molar-refractivity contribution in [3.8, 4) is 45.5 Å². The van der Waals surface area contributed by atoms with Crippen molar-refractivity contribution in [1.82, 2.24) is 24.1 Å². The van der Waals surface area contributed by atoms with Crippen molar-refractivity contribution in [2.45, 2.75) is 0 Å². The summed E-state index contributed by atoms with van der Waals surface area (Å²) in [5, 5.41) is 3.83. The largest absolute Gasteiger partial charge is 0.307 e. The molecule has 3 heterocycles. The maximum atomic E-state index is 8.90. The molecule has 234 valence electrons. The van der Waals surface area contributed by atoms with E-state index in [-0.39, 0.29) is 40.8 Å². The van der Waals surface area contributed by atoms with Crippen LogP contribution in [0.5, 0.6) is 0 Å². The van der Waals surface area contributed by atoms with Crippen molar-refractivity contribution in [2.75, 3.05) is 0 Å². The van der Waals surface area contributed by atoms with Gasteiger partial charge in [-0.2, -0.15) is 9.97 Å². The minimum Gasteiger partial charge on any atom is -0.307 e. The molecule has 7 aromatic carbocycles. The number of fused-ring (bicyclic) bond motifs is 7. The van der Waals surface area contributed by atoms with Gasteiger partial charge in [-0.1, -0.05) is 151 Å². The second-order valence-electron chi connectivity index (χ2n) is 11.8. The van der Waals surface area contributed by atoms with Crippen LogP contribution >= 0.6 is 0 Å². The molecule has 0 aliphatic rings. The lowest BCUT2D eigenvalue weighted by Gasteiger charge is -2.13. The molecule has 0 saturated carbocycles. The second-order valence-corrected chi connectivity index (χ2v) is 11.8. The van der Waals surface area contributed by atoms with Gasteiger partial charge in [-0.05, 0) is 35.4 Å². The van der Waals surface area contributed by atoms with Gasteiger partial charge in [0, 0.05) is 38.4 Å². The summed E-state index contributed by atoms with van der Waals surface area (Å²) in [4.78, 5) is 14.7. The van der Waals surface area contributed by atoms with Gasteiger partial charge in [0.2, 0.25) is 5.95 Å². The molecule has 0 aliphatic carbocycles. The fraction of sp³-hybridized carbons (Fsp3) is 0. The van der Waals surface area contributed by atoms with Crippen LogP contribution in [0.1, 0.15) is 13.7 Å². The van der Waals surface area contributed by atoms with Crippen molar-refractivity contribution in [2.24, 2.45) is 0 Å². The predicted octanol–water partition coefficient (Wildman–Crippen LogP) is 11.1. The van der Waals surface area contributed by atoms with Crippen molar-refractivity contribution in [3.05, 3.63) is 176 Å². The van der Waals surface area contributed by atoms with Crippen LogP contribution < -0.4 is 0 Å². The van der Waals surface area contributed by atoms with E-state index in [1.54, 1.807) is 24.3 Å². The Morgan fingerprint density at radius 1 is 0.380 bits per heavy atom. The molecule has 5 heteroatoms. The lowest BCUT2D eigenvalue weighted by atomic mass is 10.0. The van der Waals surface area contributed by atoms with E-state index in [2.05, 4.69) is 28.8 Å². The summed E-state index contributed by atoms with van der Waals surface area (Å²) in [6, 6.07) is 32.1. The van der Waals surface area contributed by atoms with Gasteiger partial charge < -0.3 is 4.57 Å². The topological polar surface area (TPSA) is 48.5 Å². The molecular weight excluding hydrogens is 611 g/mol. The minimum atomic E-state index is -0.551. The Labute approximate surface area is 302 Å². The van der Waals surface area contributed by atoms with Crippen LogP contribution in [0.25, 0.3) is 89.2 Å². The van der Waals surface area contributed by atoms with Crippen LogP contribution in [0.4, 0.5) is 0 Å². The quantitative estimate of drug-likeness (QED) is 0.186. The van der Waals surface area contributed by atoms with Gasteiger partial charge in [0.05, 0.1) is 35.8 Å². The molecule has 0 spiro atoms. The second kappa shape index (κ2) is 11.4. The summed E-state index contributed by atoms with van der Waals surface area (Å²) >= 11 is 0. The Morgan fingerprint density at radius 2 is 0.880 bits per heavy atom. The van der Waals surface area contributed by atoms with E-state index < -0.39 is 48.3 Å². The van der Waals surface area contributed by atoms with E-state index in [0.29, 0.717) is 11.1 Å². The molecule has 0 unspecified atom stereocenters. The van der Waals surface area contributed by atoms with Crippen LogP contribution in [0.3, 0.4) is 0 Å². The molecule has 0 N–H and O–H groups in total. The van der Waals surface area contributed by atoms with Crippen molar-refractivity contribution in [1.29, 1.82) is 0 Å². The molecule has 10 rings (SSSR count). The van der Waals surface area contributed by atoms with E-state index in [9.17, 15) is 0 Å². The van der Waals surface area contributed by atoms with Gasteiger partial charge in [-0.3, -0.25) is 4.57 Å². The van der Waals surface area contributed by atoms with E-state index in [4.69, 9.17) is 28.7 Å². The van der Waals surface area contributed by atoms with Gasteiger partial charge in [-0.25, -0.2) is 4.98 Å². The highest BCUT2D eigenvalue weighted by atomic mass is 15.2. The maximum Gasteiger partial charge on any atom is 0.238 e. The Morgan fingerprint density at radius 3 is 1.52 bits per heavy atom. The summed E-state index contributed by atoms with van der Waals surface area (Å²) in [7, 11) is 0. The molecule has 0 fully saturated rings. The summed E-state index contributed by atoms with van der Waals surface area (Å²) in [6.07, 6.45) is 0. The first kappa shape index (κ1) is 19.8. The molecule has 0 radical (unpaired) electrons. The molecule has 10 aromatic rings. The van der Waals surface area contributed by atoms with Crippen molar-refractivity contribution < 1.29 is 13.7 Å². The fourth-order valence-electron chi connectivity index (χ4n) is 6.80. The van der Waals surface area contributed by atoms with E-state index in [0.717, 1.165) is 49.3 Å². The van der Waals surface area contributed by atoms with Gasteiger partial charge in [0.15, 0.2) is 11.6 Å². The van der Waals surface area contributed by atoms with Crippen LogP contribution in [-0.4, -0.2) is 24.1 Å². The van der Waals surface area contributed by atoms with Crippen LogP contribution in [-0.2, 0) is 0 Å². The molecule has 0 amide bonds. The van der Waals surface area contributed by atoms with Gasteiger partial charge in [0.25, 0.3) is 0 Å². The van der Waals surface area contributed by atoms with Crippen LogP contribution in [0.15, 0.2) is 176 Å². The summed E-state index contributed by atoms with van der Waals surface area (Å²) in [5.74, 6) is 0.0830. The number of hydrogen-bond acceptors (Lipinski definition) is 3. The van der Waals surface area contributed by atoms with Crippen LogP contribution in [0.2, 0.25) is 0 Å².